The Kier molecular flexibility index (Phi) is 8.74. The van der Waals surface area contributed by atoms with Crippen LogP contribution in [-0.2, 0) is 11.8 Å². The first-order chi connectivity index (χ1) is 20.4. The lowest BCUT2D eigenvalue weighted by Crippen LogP contribution is -2.50. The van der Waals surface area contributed by atoms with Crippen LogP contribution in [0.3, 0.4) is 0 Å². The highest BCUT2D eigenvalue weighted by atomic mass is 19.3. The number of carbonyl (C=O) groups is 1. The van der Waals surface area contributed by atoms with Gasteiger partial charge in [-0.3, -0.25) is 9.59 Å². The highest BCUT2D eigenvalue weighted by Gasteiger charge is 2.28. The van der Waals surface area contributed by atoms with Gasteiger partial charge < -0.3 is 29.3 Å². The van der Waals surface area contributed by atoms with Crippen LogP contribution in [0.4, 0.5) is 30.5 Å². The number of aromatic nitrogens is 3. The van der Waals surface area contributed by atoms with Gasteiger partial charge in [-0.2, -0.15) is 0 Å². The normalized spacial score (nSPS) is 21.4. The van der Waals surface area contributed by atoms with Crippen molar-refractivity contribution in [3.05, 3.63) is 64.1 Å². The summed E-state index contributed by atoms with van der Waals surface area (Å²) in [6.07, 6.45) is 1.12. The third-order valence-electron chi connectivity index (χ3n) is 8.03. The molecule has 13 heteroatoms. The van der Waals surface area contributed by atoms with Crippen LogP contribution < -0.4 is 20.7 Å². The van der Waals surface area contributed by atoms with E-state index in [0.717, 1.165) is 16.8 Å². The van der Waals surface area contributed by atoms with Crippen molar-refractivity contribution in [2.75, 3.05) is 54.9 Å². The van der Waals surface area contributed by atoms with Crippen LogP contribution in [0, 0.1) is 5.82 Å². The number of nitrogens with zero attached hydrogens (tertiary/aromatic N) is 6. The molecule has 2 saturated heterocycles. The number of aryl methyl sites for hydroxylation is 1. The Hall–Kier alpha value is -3.97. The molecular formula is C30H36F3N7O3. The van der Waals surface area contributed by atoms with Gasteiger partial charge in [-0.25, -0.2) is 23.1 Å². The molecule has 1 amide bonds. The second-order valence-electron chi connectivity index (χ2n) is 11.4. The third kappa shape index (κ3) is 6.52. The highest BCUT2D eigenvalue weighted by Crippen LogP contribution is 2.36. The molecule has 0 aliphatic carbocycles. The van der Waals surface area contributed by atoms with Crippen molar-refractivity contribution < 1.29 is 22.7 Å². The van der Waals surface area contributed by atoms with Crippen LogP contribution in [-0.4, -0.2) is 83.4 Å². The maximum Gasteiger partial charge on any atom is 0.264 e. The first kappa shape index (κ1) is 30.5. The molecule has 3 atom stereocenters. The average Bonchev–Trinajstić information content (AvgIpc) is 2.96. The summed E-state index contributed by atoms with van der Waals surface area (Å²) >= 11 is 0. The van der Waals surface area contributed by atoms with Crippen molar-refractivity contribution in [3.8, 4) is 11.1 Å². The summed E-state index contributed by atoms with van der Waals surface area (Å²) in [5, 5.41) is 2.73. The molecule has 2 fully saturated rings. The average molecular weight is 600 g/mol. The molecule has 10 nitrogen and oxygen atoms in total. The molecule has 5 rings (SSSR count). The van der Waals surface area contributed by atoms with Crippen molar-refractivity contribution >= 4 is 23.2 Å². The smallest absolute Gasteiger partial charge is 0.264 e. The van der Waals surface area contributed by atoms with Crippen molar-refractivity contribution in [1.82, 2.24) is 19.4 Å². The van der Waals surface area contributed by atoms with E-state index in [4.69, 9.17) is 4.74 Å². The number of halogens is 3. The first-order valence-corrected chi connectivity index (χ1v) is 14.2. The van der Waals surface area contributed by atoms with E-state index in [0.29, 0.717) is 49.9 Å². The Morgan fingerprint density at radius 3 is 2.30 bits per heavy atom. The Labute approximate surface area is 248 Å². The molecule has 2 aliphatic heterocycles. The third-order valence-corrected chi connectivity index (χ3v) is 8.03. The van der Waals surface area contributed by atoms with E-state index >= 15 is 4.39 Å². The molecule has 1 N–H and O–H groups in total. The molecule has 2 aromatic heterocycles. The van der Waals surface area contributed by atoms with Crippen LogP contribution in [0.2, 0.25) is 0 Å². The number of rotatable bonds is 6. The zero-order valence-corrected chi connectivity index (χ0v) is 24.9. The summed E-state index contributed by atoms with van der Waals surface area (Å²) in [6, 6.07) is 3.73. The second kappa shape index (κ2) is 12.3. The molecule has 4 heterocycles. The lowest BCUT2D eigenvalue weighted by atomic mass is 10.0. The first-order valence-electron chi connectivity index (χ1n) is 14.2. The van der Waals surface area contributed by atoms with Crippen molar-refractivity contribution in [2.45, 2.75) is 45.4 Å². The number of hydrogen-bond acceptors (Lipinski definition) is 8. The number of likely N-dealkylation sites (N-methyl/N-ethyl adjacent to an activating group) is 1. The van der Waals surface area contributed by atoms with E-state index in [-0.39, 0.29) is 35.1 Å². The second-order valence-corrected chi connectivity index (χ2v) is 11.4. The molecule has 3 aromatic rings. The van der Waals surface area contributed by atoms with Crippen LogP contribution in [0.15, 0.2) is 41.6 Å². The summed E-state index contributed by atoms with van der Waals surface area (Å²) in [7, 11) is 3.38. The van der Waals surface area contributed by atoms with Gasteiger partial charge in [-0.15, -0.1) is 0 Å². The summed E-state index contributed by atoms with van der Waals surface area (Å²) in [5.41, 5.74) is -0.479. The molecule has 43 heavy (non-hydrogen) atoms. The number of morpholine rings is 1. The van der Waals surface area contributed by atoms with E-state index in [1.54, 1.807) is 0 Å². The molecule has 0 unspecified atom stereocenters. The van der Waals surface area contributed by atoms with E-state index in [9.17, 15) is 18.4 Å². The molecule has 0 saturated carbocycles. The number of carbonyl (C=O) groups excluding carboxylic acids is 1. The number of ether oxygens (including phenoxy) is 1. The van der Waals surface area contributed by atoms with Crippen LogP contribution in [0.1, 0.15) is 43.1 Å². The lowest BCUT2D eigenvalue weighted by molar-refractivity contribution is -0.00572. The topological polar surface area (TPSA) is 95.8 Å². The minimum Gasteiger partial charge on any atom is -0.372 e. The Bertz CT molecular complexity index is 1540. The van der Waals surface area contributed by atoms with Gasteiger partial charge in [0.2, 0.25) is 5.95 Å². The minimum atomic E-state index is -3.04. The number of pyridine rings is 1. The molecule has 1 aromatic carbocycles. The molecule has 0 spiro atoms. The summed E-state index contributed by atoms with van der Waals surface area (Å²) in [5.74, 6) is -0.883. The Balaban J connectivity index is 1.52. The van der Waals surface area contributed by atoms with Gasteiger partial charge in [0.25, 0.3) is 17.9 Å². The molecule has 230 valence electrons. The van der Waals surface area contributed by atoms with E-state index < -0.39 is 29.3 Å². The van der Waals surface area contributed by atoms with Gasteiger partial charge in [-0.1, -0.05) is 0 Å². The van der Waals surface area contributed by atoms with Gasteiger partial charge in [0.1, 0.15) is 5.82 Å². The van der Waals surface area contributed by atoms with Crippen molar-refractivity contribution in [1.29, 1.82) is 0 Å². The molecule has 2 aliphatic rings. The zero-order chi connectivity index (χ0) is 31.0. The van der Waals surface area contributed by atoms with E-state index in [1.165, 1.54) is 31.6 Å². The predicted octanol–water partition coefficient (Wildman–Crippen LogP) is 3.93. The van der Waals surface area contributed by atoms with E-state index in [1.807, 2.05) is 37.6 Å². The zero-order valence-electron chi connectivity index (χ0n) is 24.9. The Morgan fingerprint density at radius 1 is 1.00 bits per heavy atom. The fraction of sp³-hybridized carbons (Fsp3) is 0.467. The van der Waals surface area contributed by atoms with Gasteiger partial charge in [0.15, 0.2) is 0 Å². The summed E-state index contributed by atoms with van der Waals surface area (Å²) in [6.45, 7) is 9.09. The van der Waals surface area contributed by atoms with Gasteiger partial charge in [0, 0.05) is 87.2 Å². The minimum absolute atomic E-state index is 0.0121. The maximum atomic E-state index is 15.8. The van der Waals surface area contributed by atoms with Crippen molar-refractivity contribution in [2.24, 2.45) is 7.05 Å². The van der Waals surface area contributed by atoms with E-state index in [2.05, 4.69) is 20.2 Å². The van der Waals surface area contributed by atoms with Gasteiger partial charge in [-0.05, 0) is 40.0 Å². The monoisotopic (exact) mass is 599 g/mol. The van der Waals surface area contributed by atoms with Gasteiger partial charge >= 0.3 is 0 Å². The summed E-state index contributed by atoms with van der Waals surface area (Å²) < 4.78 is 50.3. The fourth-order valence-corrected chi connectivity index (χ4v) is 5.58. The number of amides is 1. The Morgan fingerprint density at radius 2 is 1.67 bits per heavy atom. The number of anilines is 3. The van der Waals surface area contributed by atoms with Crippen LogP contribution in [0.25, 0.3) is 11.1 Å². The summed E-state index contributed by atoms with van der Waals surface area (Å²) in [4.78, 5) is 40.6. The van der Waals surface area contributed by atoms with Gasteiger partial charge in [0.05, 0.1) is 29.1 Å². The number of piperazine rings is 1. The number of nitrogens with one attached hydrogen (secondary N) is 1. The SMILES string of the molecule is C[C@@H]1CN(c2ncc(-c3cc(NC(=O)c4cn(C)c(=O)cc4C(F)F)c(N4CCN(C)[C@H](C)C4)cc3F)cn2)C[C@H](C)O1. The van der Waals surface area contributed by atoms with Crippen molar-refractivity contribution in [3.63, 3.8) is 0 Å². The standard InChI is InChI=1S/C30H36F3N7O3/c1-17-13-39(7-6-37(17)4)26-10-24(31)21(20-11-34-30(35-12-20)40-14-18(2)43-19(3)15-40)8-25(26)36-29(42)23-16-38(5)27(41)9-22(23)28(32)33/h8-12,16-19,28H,6-7,13-15H2,1-5H3,(H,36,42)/t17-,18-,19+/m1/s1. The largest absolute Gasteiger partial charge is 0.372 e. The van der Waals surface area contributed by atoms with Crippen LogP contribution in [0.5, 0.6) is 0 Å². The lowest BCUT2D eigenvalue weighted by Gasteiger charge is -2.39. The number of benzene rings is 1. The maximum absolute atomic E-state index is 15.8. The highest BCUT2D eigenvalue weighted by molar-refractivity contribution is 6.07. The number of hydrogen-bond donors (Lipinski definition) is 1. The molecule has 0 radical (unpaired) electrons. The molecular weight excluding hydrogens is 563 g/mol. The number of alkyl halides is 2. The predicted molar refractivity (Wildman–Crippen MR) is 159 cm³/mol. The van der Waals surface area contributed by atoms with Crippen LogP contribution >= 0.6 is 0 Å². The fourth-order valence-electron chi connectivity index (χ4n) is 5.58. The molecule has 0 bridgehead atoms. The quantitative estimate of drug-likeness (QED) is 0.456.